The number of hydrogen-bond donors (Lipinski definition) is 1. The minimum Gasteiger partial charge on any atom is -0.312 e. The van der Waals surface area contributed by atoms with Crippen molar-refractivity contribution in [1.29, 1.82) is 0 Å². The second-order valence-electron chi connectivity index (χ2n) is 7.18. The fourth-order valence-electron chi connectivity index (χ4n) is 2.80. The Labute approximate surface area is 132 Å². The van der Waals surface area contributed by atoms with Gasteiger partial charge in [-0.1, -0.05) is 38.4 Å². The first-order chi connectivity index (χ1) is 9.77. The summed E-state index contributed by atoms with van der Waals surface area (Å²) in [5.74, 6) is -0.276. The molecule has 1 heterocycles. The van der Waals surface area contributed by atoms with Crippen molar-refractivity contribution in [3.63, 3.8) is 0 Å². The summed E-state index contributed by atoms with van der Waals surface area (Å²) in [5, 5.41) is 4.18. The highest BCUT2D eigenvalue weighted by atomic mass is 35.5. The molecule has 1 aromatic carbocycles. The molecule has 1 fully saturated rings. The van der Waals surface area contributed by atoms with Gasteiger partial charge in [-0.05, 0) is 43.0 Å². The highest BCUT2D eigenvalue weighted by Gasteiger charge is 2.30. The van der Waals surface area contributed by atoms with Crippen LogP contribution < -0.4 is 5.32 Å². The number of rotatable bonds is 2. The van der Waals surface area contributed by atoms with E-state index in [-0.39, 0.29) is 11.2 Å². The number of nitrogens with one attached hydrogen (secondary N) is 1. The maximum atomic E-state index is 13.2. The molecule has 4 heteroatoms. The van der Waals surface area contributed by atoms with E-state index in [2.05, 4.69) is 37.9 Å². The van der Waals surface area contributed by atoms with E-state index in [0.717, 1.165) is 31.6 Å². The molecule has 1 N–H and O–H groups in total. The van der Waals surface area contributed by atoms with E-state index in [1.165, 1.54) is 12.1 Å². The van der Waals surface area contributed by atoms with Gasteiger partial charge in [0.15, 0.2) is 0 Å². The summed E-state index contributed by atoms with van der Waals surface area (Å²) in [6.45, 7) is 11.9. The van der Waals surface area contributed by atoms with Crippen LogP contribution in [0.25, 0.3) is 0 Å². The monoisotopic (exact) mass is 312 g/mol. The van der Waals surface area contributed by atoms with E-state index in [1.807, 2.05) is 0 Å². The summed E-state index contributed by atoms with van der Waals surface area (Å²) < 4.78 is 13.2. The summed E-state index contributed by atoms with van der Waals surface area (Å²) in [7, 11) is 0. The van der Waals surface area contributed by atoms with Gasteiger partial charge in [0, 0.05) is 30.2 Å². The van der Waals surface area contributed by atoms with Crippen LogP contribution in [0, 0.1) is 11.2 Å². The van der Waals surface area contributed by atoms with Crippen molar-refractivity contribution in [2.24, 2.45) is 5.41 Å². The third-order valence-electron chi connectivity index (χ3n) is 4.43. The lowest BCUT2D eigenvalue weighted by molar-refractivity contribution is 0.157. The number of nitrogens with zero attached hydrogens (tertiary/aromatic N) is 1. The minimum atomic E-state index is -0.276. The van der Waals surface area contributed by atoms with Crippen LogP contribution in [-0.2, 0) is 6.54 Å². The van der Waals surface area contributed by atoms with Gasteiger partial charge < -0.3 is 5.32 Å². The zero-order valence-corrected chi connectivity index (χ0v) is 14.2. The molecular weight excluding hydrogens is 287 g/mol. The summed E-state index contributed by atoms with van der Waals surface area (Å²) in [6, 6.07) is 5.63. The molecular formula is C17H26ClFN2. The normalized spacial score (nSPS) is 24.9. The first-order valence-electron chi connectivity index (χ1n) is 7.68. The third-order valence-corrected chi connectivity index (χ3v) is 4.78. The molecule has 1 aliphatic heterocycles. The van der Waals surface area contributed by atoms with Crippen molar-refractivity contribution in [2.75, 3.05) is 13.1 Å². The lowest BCUT2D eigenvalue weighted by Gasteiger charge is -2.35. The van der Waals surface area contributed by atoms with Gasteiger partial charge in [0.25, 0.3) is 0 Å². The van der Waals surface area contributed by atoms with Crippen molar-refractivity contribution in [2.45, 2.75) is 52.7 Å². The molecule has 0 aromatic heterocycles. The fourth-order valence-corrected chi connectivity index (χ4v) is 3.02. The van der Waals surface area contributed by atoms with Crippen LogP contribution in [0.3, 0.4) is 0 Å². The summed E-state index contributed by atoms with van der Waals surface area (Å²) >= 11 is 6.18. The van der Waals surface area contributed by atoms with Crippen LogP contribution in [0.1, 0.15) is 39.7 Å². The lowest BCUT2D eigenvalue weighted by Crippen LogP contribution is -2.47. The van der Waals surface area contributed by atoms with Gasteiger partial charge in [0.2, 0.25) is 0 Å². The van der Waals surface area contributed by atoms with Gasteiger partial charge in [-0.3, -0.25) is 4.90 Å². The van der Waals surface area contributed by atoms with Gasteiger partial charge >= 0.3 is 0 Å². The van der Waals surface area contributed by atoms with Gasteiger partial charge in [-0.15, -0.1) is 0 Å². The zero-order valence-electron chi connectivity index (χ0n) is 13.4. The minimum absolute atomic E-state index is 0.217. The van der Waals surface area contributed by atoms with Crippen molar-refractivity contribution >= 4 is 11.6 Å². The Morgan fingerprint density at radius 1 is 1.38 bits per heavy atom. The fraction of sp³-hybridized carbons (Fsp3) is 0.647. The number of hydrogen-bond acceptors (Lipinski definition) is 2. The number of halogens is 2. The molecule has 0 radical (unpaired) electrons. The van der Waals surface area contributed by atoms with Crippen LogP contribution in [0.4, 0.5) is 4.39 Å². The van der Waals surface area contributed by atoms with E-state index in [1.54, 1.807) is 6.07 Å². The van der Waals surface area contributed by atoms with Crippen molar-refractivity contribution in [3.8, 4) is 0 Å². The molecule has 2 atom stereocenters. The Balaban J connectivity index is 2.15. The molecule has 2 unspecified atom stereocenters. The first kappa shape index (κ1) is 16.7. The maximum Gasteiger partial charge on any atom is 0.124 e. The molecule has 0 aliphatic carbocycles. The predicted octanol–water partition coefficient (Wildman–Crippen LogP) is 4.08. The Kier molecular flexibility index (Phi) is 5.29. The molecule has 0 spiro atoms. The van der Waals surface area contributed by atoms with E-state index in [0.29, 0.717) is 17.1 Å². The van der Waals surface area contributed by atoms with Gasteiger partial charge in [0.05, 0.1) is 0 Å². The zero-order chi connectivity index (χ0) is 15.6. The Morgan fingerprint density at radius 3 is 2.71 bits per heavy atom. The van der Waals surface area contributed by atoms with Crippen LogP contribution in [0.2, 0.25) is 5.02 Å². The average Bonchev–Trinajstić information content (AvgIpc) is 2.55. The van der Waals surface area contributed by atoms with E-state index in [9.17, 15) is 4.39 Å². The first-order valence-corrected chi connectivity index (χ1v) is 8.06. The largest absolute Gasteiger partial charge is 0.312 e. The van der Waals surface area contributed by atoms with E-state index in [4.69, 9.17) is 11.6 Å². The molecule has 0 saturated carbocycles. The quantitative estimate of drug-likeness (QED) is 0.885. The van der Waals surface area contributed by atoms with Crippen LogP contribution in [0.5, 0.6) is 0 Å². The molecule has 2 nitrogen and oxygen atoms in total. The SMILES string of the molecule is CC1CCNC(C(C)(C)C)CN1Cc1ccc(F)cc1Cl. The topological polar surface area (TPSA) is 15.3 Å². The van der Waals surface area contributed by atoms with E-state index < -0.39 is 0 Å². The van der Waals surface area contributed by atoms with Crippen LogP contribution >= 0.6 is 11.6 Å². The summed E-state index contributed by atoms with van der Waals surface area (Å²) in [6.07, 6.45) is 1.12. The molecule has 1 saturated heterocycles. The van der Waals surface area contributed by atoms with Crippen molar-refractivity contribution < 1.29 is 4.39 Å². The van der Waals surface area contributed by atoms with Gasteiger partial charge in [-0.25, -0.2) is 4.39 Å². The maximum absolute atomic E-state index is 13.2. The number of benzene rings is 1. The molecule has 118 valence electrons. The standard InChI is InChI=1S/C17H26ClFN2/c1-12-7-8-20-16(17(2,3)4)11-21(12)10-13-5-6-14(19)9-15(13)18/h5-6,9,12,16,20H,7-8,10-11H2,1-4H3. The highest BCUT2D eigenvalue weighted by Crippen LogP contribution is 2.26. The molecule has 0 amide bonds. The smallest absolute Gasteiger partial charge is 0.124 e. The van der Waals surface area contributed by atoms with E-state index >= 15 is 0 Å². The molecule has 21 heavy (non-hydrogen) atoms. The molecule has 0 bridgehead atoms. The average molecular weight is 313 g/mol. The molecule has 1 aromatic rings. The highest BCUT2D eigenvalue weighted by molar-refractivity contribution is 6.31. The second kappa shape index (κ2) is 6.64. The van der Waals surface area contributed by atoms with Crippen LogP contribution in [0.15, 0.2) is 18.2 Å². The second-order valence-corrected chi connectivity index (χ2v) is 7.58. The lowest BCUT2D eigenvalue weighted by atomic mass is 9.86. The Morgan fingerprint density at radius 2 is 2.10 bits per heavy atom. The van der Waals surface area contributed by atoms with Crippen LogP contribution in [-0.4, -0.2) is 30.1 Å². The van der Waals surface area contributed by atoms with Crippen molar-refractivity contribution in [3.05, 3.63) is 34.6 Å². The Hall–Kier alpha value is -0.640. The third kappa shape index (κ3) is 4.41. The van der Waals surface area contributed by atoms with Gasteiger partial charge in [-0.2, -0.15) is 0 Å². The van der Waals surface area contributed by atoms with Gasteiger partial charge in [0.1, 0.15) is 5.82 Å². The Bertz CT molecular complexity index is 484. The van der Waals surface area contributed by atoms with Crippen molar-refractivity contribution in [1.82, 2.24) is 10.2 Å². The molecule has 2 rings (SSSR count). The summed E-state index contributed by atoms with van der Waals surface area (Å²) in [4.78, 5) is 2.45. The molecule has 1 aliphatic rings. The predicted molar refractivity (Wildman–Crippen MR) is 87.1 cm³/mol. The summed E-state index contributed by atoms with van der Waals surface area (Å²) in [5.41, 5.74) is 1.22.